The van der Waals surface area contributed by atoms with E-state index in [-0.39, 0.29) is 5.92 Å². The van der Waals surface area contributed by atoms with Gasteiger partial charge in [0.15, 0.2) is 0 Å². The number of para-hydroxylation sites is 2. The Kier molecular flexibility index (Phi) is 4.78. The van der Waals surface area contributed by atoms with Gasteiger partial charge >= 0.3 is 6.18 Å². The van der Waals surface area contributed by atoms with Gasteiger partial charge in [-0.15, -0.1) is 0 Å². The van der Waals surface area contributed by atoms with Gasteiger partial charge in [-0.05, 0) is 30.9 Å². The van der Waals surface area contributed by atoms with Crippen molar-refractivity contribution in [1.29, 1.82) is 0 Å². The second-order valence-corrected chi connectivity index (χ2v) is 6.37. The first-order chi connectivity index (χ1) is 11.4. The third-order valence-electron chi connectivity index (χ3n) is 4.41. The van der Waals surface area contributed by atoms with Crippen molar-refractivity contribution in [1.82, 2.24) is 14.9 Å². The predicted molar refractivity (Wildman–Crippen MR) is 84.4 cm³/mol. The molecule has 1 aromatic heterocycles. The Morgan fingerprint density at radius 3 is 2.88 bits per heavy atom. The maximum absolute atomic E-state index is 12.3. The zero-order chi connectivity index (χ0) is 17.2. The number of rotatable bonds is 4. The molecule has 1 saturated heterocycles. The number of amides is 1. The summed E-state index contributed by atoms with van der Waals surface area (Å²) in [4.78, 5) is 21.4. The number of aromatic nitrogens is 2. The number of aromatic amines is 1. The zero-order valence-electron chi connectivity index (χ0n) is 13.3. The minimum Gasteiger partial charge on any atom is -0.342 e. The van der Waals surface area contributed by atoms with Crippen molar-refractivity contribution in [3.63, 3.8) is 0 Å². The number of benzene rings is 1. The van der Waals surface area contributed by atoms with E-state index < -0.39 is 24.9 Å². The summed E-state index contributed by atoms with van der Waals surface area (Å²) in [5.41, 5.74) is 1.88. The second-order valence-electron chi connectivity index (χ2n) is 6.37. The van der Waals surface area contributed by atoms with Crippen LogP contribution in [0.1, 0.15) is 31.5 Å². The van der Waals surface area contributed by atoms with Crippen LogP contribution in [-0.2, 0) is 11.2 Å². The highest BCUT2D eigenvalue weighted by molar-refractivity contribution is 5.76. The first-order valence-corrected chi connectivity index (χ1v) is 8.19. The number of imidazole rings is 1. The average Bonchev–Trinajstić information content (AvgIpc) is 2.94. The third-order valence-corrected chi connectivity index (χ3v) is 4.41. The molecule has 0 saturated carbocycles. The third kappa shape index (κ3) is 4.27. The molecule has 1 aliphatic rings. The molecule has 1 fully saturated rings. The maximum atomic E-state index is 12.3. The molecule has 0 spiro atoms. The van der Waals surface area contributed by atoms with E-state index in [2.05, 4.69) is 9.97 Å². The Hall–Kier alpha value is -2.05. The van der Waals surface area contributed by atoms with Gasteiger partial charge in [-0.1, -0.05) is 12.1 Å². The standard InChI is InChI=1S/C17H20F3N3O/c18-17(19,20)8-7-16(24)23-9-3-4-12(11-23)10-15-21-13-5-1-2-6-14(13)22-15/h1-2,5-6,12H,3-4,7-11H2,(H,21,22)/t12-/m1/s1. The number of nitrogens with zero attached hydrogens (tertiary/aromatic N) is 2. The minimum absolute atomic E-state index is 0.231. The molecule has 0 radical (unpaired) electrons. The minimum atomic E-state index is -4.28. The number of H-pyrrole nitrogens is 1. The van der Waals surface area contributed by atoms with Gasteiger partial charge in [-0.3, -0.25) is 4.79 Å². The molecule has 1 N–H and O–H groups in total. The van der Waals surface area contributed by atoms with Crippen LogP contribution in [0.15, 0.2) is 24.3 Å². The molecular weight excluding hydrogens is 319 g/mol. The van der Waals surface area contributed by atoms with Gasteiger partial charge in [0, 0.05) is 25.9 Å². The summed E-state index contributed by atoms with van der Waals surface area (Å²) in [6.45, 7) is 1.06. The summed E-state index contributed by atoms with van der Waals surface area (Å²) in [5, 5.41) is 0. The number of halogens is 3. The average molecular weight is 339 g/mol. The molecule has 1 atom stereocenters. The predicted octanol–water partition coefficient (Wildman–Crippen LogP) is 3.69. The van der Waals surface area contributed by atoms with Crippen molar-refractivity contribution in [3.05, 3.63) is 30.1 Å². The van der Waals surface area contributed by atoms with Crippen LogP contribution in [0.5, 0.6) is 0 Å². The van der Waals surface area contributed by atoms with E-state index in [1.54, 1.807) is 4.90 Å². The number of alkyl halides is 3. The lowest BCUT2D eigenvalue weighted by Gasteiger charge is -2.32. The van der Waals surface area contributed by atoms with E-state index in [0.717, 1.165) is 29.7 Å². The van der Waals surface area contributed by atoms with Crippen LogP contribution in [-0.4, -0.2) is 40.0 Å². The molecule has 3 rings (SSSR count). The molecular formula is C17H20F3N3O. The number of likely N-dealkylation sites (tertiary alicyclic amines) is 1. The van der Waals surface area contributed by atoms with Crippen LogP contribution in [0.2, 0.25) is 0 Å². The lowest BCUT2D eigenvalue weighted by atomic mass is 9.94. The van der Waals surface area contributed by atoms with Gasteiger partial charge in [-0.25, -0.2) is 4.98 Å². The van der Waals surface area contributed by atoms with Crippen LogP contribution in [0, 0.1) is 5.92 Å². The molecule has 24 heavy (non-hydrogen) atoms. The van der Waals surface area contributed by atoms with Crippen molar-refractivity contribution < 1.29 is 18.0 Å². The second kappa shape index (κ2) is 6.83. The molecule has 130 valence electrons. The lowest BCUT2D eigenvalue weighted by Crippen LogP contribution is -2.40. The van der Waals surface area contributed by atoms with E-state index in [4.69, 9.17) is 0 Å². The number of nitrogens with one attached hydrogen (secondary N) is 1. The summed E-state index contributed by atoms with van der Waals surface area (Å²) in [7, 11) is 0. The molecule has 1 aromatic carbocycles. The van der Waals surface area contributed by atoms with Gasteiger partial charge in [0.05, 0.1) is 17.5 Å². The first kappa shape index (κ1) is 16.8. The summed E-state index contributed by atoms with van der Waals surface area (Å²) in [5.74, 6) is 0.696. The number of carbonyl (C=O) groups excluding carboxylic acids is 1. The maximum Gasteiger partial charge on any atom is 0.389 e. The van der Waals surface area contributed by atoms with Crippen molar-refractivity contribution >= 4 is 16.9 Å². The van der Waals surface area contributed by atoms with Gasteiger partial charge in [0.1, 0.15) is 5.82 Å². The van der Waals surface area contributed by atoms with Crippen molar-refractivity contribution in [2.75, 3.05) is 13.1 Å². The monoisotopic (exact) mass is 339 g/mol. The fourth-order valence-electron chi connectivity index (χ4n) is 3.24. The Balaban J connectivity index is 1.58. The van der Waals surface area contributed by atoms with Crippen LogP contribution in [0.3, 0.4) is 0 Å². The van der Waals surface area contributed by atoms with Gasteiger partial charge in [0.2, 0.25) is 5.91 Å². The van der Waals surface area contributed by atoms with Crippen LogP contribution in [0.4, 0.5) is 13.2 Å². The highest BCUT2D eigenvalue weighted by Crippen LogP contribution is 2.25. The van der Waals surface area contributed by atoms with Crippen LogP contribution >= 0.6 is 0 Å². The van der Waals surface area contributed by atoms with E-state index >= 15 is 0 Å². The molecule has 0 bridgehead atoms. The van der Waals surface area contributed by atoms with Crippen LogP contribution < -0.4 is 0 Å². The molecule has 0 aliphatic carbocycles. The number of carbonyl (C=O) groups is 1. The summed E-state index contributed by atoms with van der Waals surface area (Å²) in [6.07, 6.45) is -3.29. The molecule has 1 amide bonds. The molecule has 2 aromatic rings. The number of hydrogen-bond donors (Lipinski definition) is 1. The summed E-state index contributed by atoms with van der Waals surface area (Å²) < 4.78 is 36.8. The number of piperidine rings is 1. The quantitative estimate of drug-likeness (QED) is 0.924. The van der Waals surface area contributed by atoms with E-state index in [0.29, 0.717) is 19.5 Å². The SMILES string of the molecule is O=C(CCC(F)(F)F)N1CCC[C@H](Cc2nc3ccccc3[nH]2)C1. The zero-order valence-corrected chi connectivity index (χ0v) is 13.3. The Morgan fingerprint density at radius 2 is 2.12 bits per heavy atom. The van der Waals surface area contributed by atoms with Gasteiger partial charge in [-0.2, -0.15) is 13.2 Å². The Bertz CT molecular complexity index is 677. The fraction of sp³-hybridized carbons (Fsp3) is 0.529. The number of hydrogen-bond acceptors (Lipinski definition) is 2. The van der Waals surface area contributed by atoms with Crippen molar-refractivity contribution in [2.45, 2.75) is 38.3 Å². The van der Waals surface area contributed by atoms with Crippen molar-refractivity contribution in [2.24, 2.45) is 5.92 Å². The van der Waals surface area contributed by atoms with Crippen LogP contribution in [0.25, 0.3) is 11.0 Å². The molecule has 0 unspecified atom stereocenters. The smallest absolute Gasteiger partial charge is 0.342 e. The largest absolute Gasteiger partial charge is 0.389 e. The van der Waals surface area contributed by atoms with E-state index in [1.165, 1.54) is 0 Å². The summed E-state index contributed by atoms with van der Waals surface area (Å²) >= 11 is 0. The van der Waals surface area contributed by atoms with Gasteiger partial charge in [0.25, 0.3) is 0 Å². The molecule has 4 nitrogen and oxygen atoms in total. The first-order valence-electron chi connectivity index (χ1n) is 8.19. The highest BCUT2D eigenvalue weighted by atomic mass is 19.4. The van der Waals surface area contributed by atoms with E-state index in [9.17, 15) is 18.0 Å². The summed E-state index contributed by atoms with van der Waals surface area (Å²) in [6, 6.07) is 7.75. The fourth-order valence-corrected chi connectivity index (χ4v) is 3.24. The number of fused-ring (bicyclic) bond motifs is 1. The Labute approximate surface area is 138 Å². The Morgan fingerprint density at radius 1 is 1.33 bits per heavy atom. The topological polar surface area (TPSA) is 49.0 Å². The van der Waals surface area contributed by atoms with Gasteiger partial charge < -0.3 is 9.88 Å². The molecule has 1 aliphatic heterocycles. The normalized spacial score (nSPS) is 19.0. The van der Waals surface area contributed by atoms with Crippen molar-refractivity contribution in [3.8, 4) is 0 Å². The lowest BCUT2D eigenvalue weighted by molar-refractivity contribution is -0.150. The highest BCUT2D eigenvalue weighted by Gasteiger charge is 2.30. The molecule has 7 heteroatoms. The van der Waals surface area contributed by atoms with E-state index in [1.807, 2.05) is 24.3 Å². The molecule has 2 heterocycles.